The highest BCUT2D eigenvalue weighted by Gasteiger charge is 2.55. The molecule has 4 aromatic carbocycles. The predicted molar refractivity (Wildman–Crippen MR) is 219 cm³/mol. The SMILES string of the molecule is Cc1cn([C@H]2C[C@@H]([C@@H]3OC(C)(C)O[C@H]3[C@@H](CO[Si](c3ccccc3)(c3ccccc3)C(C)(C)C)OCc3ccccc3)N(Cc3ccccc3)O2)c(=O)[nH]c1=O. The van der Waals surface area contributed by atoms with Gasteiger partial charge >= 0.3 is 5.69 Å². The highest BCUT2D eigenvalue weighted by Crippen LogP contribution is 2.42. The summed E-state index contributed by atoms with van der Waals surface area (Å²) in [7, 11) is -2.98. The Balaban J connectivity index is 1.28. The van der Waals surface area contributed by atoms with E-state index in [1.807, 2.05) is 91.7 Å². The lowest BCUT2D eigenvalue weighted by atomic mass is 9.98. The minimum absolute atomic E-state index is 0.231. The molecule has 0 unspecified atom stereocenters. The van der Waals surface area contributed by atoms with Gasteiger partial charge in [0.25, 0.3) is 13.9 Å². The summed E-state index contributed by atoms with van der Waals surface area (Å²) in [5, 5.41) is 3.98. The molecule has 2 saturated heterocycles. The molecule has 5 atom stereocenters. The number of ether oxygens (including phenoxy) is 3. The van der Waals surface area contributed by atoms with Gasteiger partial charge in [0.05, 0.1) is 19.3 Å². The number of hydroxylamine groups is 2. The van der Waals surface area contributed by atoms with Crippen LogP contribution in [0.25, 0.3) is 0 Å². The third-order valence-electron chi connectivity index (χ3n) is 10.8. The van der Waals surface area contributed by atoms with Crippen molar-refractivity contribution in [1.82, 2.24) is 14.6 Å². The van der Waals surface area contributed by atoms with Gasteiger partial charge in [0.1, 0.15) is 18.3 Å². The molecular weight excluding hydrogens is 723 g/mol. The molecular formula is C45H53N3O7Si. The van der Waals surface area contributed by atoms with Crippen molar-refractivity contribution in [2.24, 2.45) is 0 Å². The van der Waals surface area contributed by atoms with Gasteiger partial charge in [-0.15, -0.1) is 0 Å². The first-order chi connectivity index (χ1) is 26.8. The molecule has 0 spiro atoms. The molecule has 0 aliphatic carbocycles. The van der Waals surface area contributed by atoms with Gasteiger partial charge in [-0.1, -0.05) is 142 Å². The van der Waals surface area contributed by atoms with Crippen LogP contribution in [0, 0.1) is 6.92 Å². The zero-order valence-corrected chi connectivity index (χ0v) is 34.1. The Morgan fingerprint density at radius 1 is 0.821 bits per heavy atom. The van der Waals surface area contributed by atoms with E-state index < -0.39 is 49.9 Å². The first kappa shape index (κ1) is 39.8. The molecule has 0 bridgehead atoms. The molecule has 2 aliphatic heterocycles. The van der Waals surface area contributed by atoms with Crippen molar-refractivity contribution in [2.75, 3.05) is 6.61 Å². The fraction of sp³-hybridized carbons (Fsp3) is 0.378. The number of nitrogens with one attached hydrogen (secondary N) is 1. The van der Waals surface area contributed by atoms with E-state index in [4.69, 9.17) is 23.5 Å². The molecule has 0 saturated carbocycles. The van der Waals surface area contributed by atoms with Crippen LogP contribution in [-0.4, -0.2) is 59.7 Å². The van der Waals surface area contributed by atoms with E-state index in [1.165, 1.54) is 14.9 Å². The fourth-order valence-electron chi connectivity index (χ4n) is 8.17. The number of aromatic amines is 1. The standard InChI is InChI=1S/C45H53N3O7Si/c1-32-28-47(43(50)46-42(32)49)39-27-37(48(55-39)29-33-19-11-7-12-20-33)40-41(54-45(5,6)53-40)38(51-30-34-21-13-8-14-22-34)31-52-56(44(2,3)4,35-23-15-9-16-24-35)36-25-17-10-18-26-36/h7-26,28,37-41H,27,29-31H2,1-6H3,(H,46,49,50)/t37-,38+,39+,40-,41-/m0/s1. The molecule has 3 heterocycles. The van der Waals surface area contributed by atoms with Crippen molar-refractivity contribution in [3.63, 3.8) is 0 Å². The quantitative estimate of drug-likeness (QED) is 0.141. The van der Waals surface area contributed by atoms with Crippen LogP contribution in [0.15, 0.2) is 137 Å². The summed E-state index contributed by atoms with van der Waals surface area (Å²) in [5.41, 5.74) is 1.52. The molecule has 5 aromatic rings. The number of benzene rings is 4. The van der Waals surface area contributed by atoms with Crippen molar-refractivity contribution in [1.29, 1.82) is 0 Å². The van der Waals surface area contributed by atoms with Crippen LogP contribution >= 0.6 is 0 Å². The van der Waals surface area contributed by atoms with E-state index >= 15 is 0 Å². The maximum Gasteiger partial charge on any atom is 0.330 e. The summed E-state index contributed by atoms with van der Waals surface area (Å²) < 4.78 is 29.6. The molecule has 11 heteroatoms. The van der Waals surface area contributed by atoms with Crippen molar-refractivity contribution < 1.29 is 23.5 Å². The van der Waals surface area contributed by atoms with E-state index in [0.29, 0.717) is 25.1 Å². The second-order valence-electron chi connectivity index (χ2n) is 16.3. The van der Waals surface area contributed by atoms with Crippen molar-refractivity contribution in [2.45, 2.75) is 103 Å². The van der Waals surface area contributed by atoms with Crippen molar-refractivity contribution in [3.8, 4) is 0 Å². The lowest BCUT2D eigenvalue weighted by Gasteiger charge is -2.44. The Bertz CT molecular complexity index is 2120. The Hall–Kier alpha value is -4.46. The molecule has 10 nitrogen and oxygen atoms in total. The highest BCUT2D eigenvalue weighted by molar-refractivity contribution is 6.99. The number of aryl methyl sites for hydroxylation is 1. The van der Waals surface area contributed by atoms with Gasteiger partial charge in [-0.3, -0.25) is 19.2 Å². The Morgan fingerprint density at radius 3 is 1.95 bits per heavy atom. The molecule has 294 valence electrons. The first-order valence-corrected chi connectivity index (χ1v) is 21.3. The van der Waals surface area contributed by atoms with Crippen molar-refractivity contribution >= 4 is 18.7 Å². The van der Waals surface area contributed by atoms with Crippen LogP contribution in [0.2, 0.25) is 5.04 Å². The van der Waals surface area contributed by atoms with Gasteiger partial charge in [-0.25, -0.2) is 4.79 Å². The summed E-state index contributed by atoms with van der Waals surface area (Å²) in [4.78, 5) is 34.6. The smallest absolute Gasteiger partial charge is 0.330 e. The zero-order valence-electron chi connectivity index (χ0n) is 33.1. The van der Waals surface area contributed by atoms with Crippen LogP contribution in [0.3, 0.4) is 0 Å². The van der Waals surface area contributed by atoms with Gasteiger partial charge in [0, 0.05) is 24.7 Å². The lowest BCUT2D eigenvalue weighted by Crippen LogP contribution is -2.67. The minimum Gasteiger partial charge on any atom is -0.405 e. The number of rotatable bonds is 13. The van der Waals surface area contributed by atoms with Gasteiger partial charge in [-0.2, -0.15) is 5.06 Å². The normalized spacial score (nSPS) is 22.0. The van der Waals surface area contributed by atoms with Crippen molar-refractivity contribution in [3.05, 3.63) is 165 Å². The minimum atomic E-state index is -2.98. The molecule has 0 radical (unpaired) electrons. The first-order valence-electron chi connectivity index (χ1n) is 19.4. The Labute approximate surface area is 330 Å². The molecule has 1 N–H and O–H groups in total. The third-order valence-corrected chi connectivity index (χ3v) is 15.8. The molecule has 2 aliphatic rings. The molecule has 2 fully saturated rings. The number of hydrogen-bond acceptors (Lipinski definition) is 8. The van der Waals surface area contributed by atoms with Crippen LogP contribution in [0.5, 0.6) is 0 Å². The zero-order chi connectivity index (χ0) is 39.5. The summed E-state index contributed by atoms with van der Waals surface area (Å²) >= 11 is 0. The van der Waals surface area contributed by atoms with Crippen LogP contribution in [0.1, 0.15) is 64.0 Å². The largest absolute Gasteiger partial charge is 0.405 e. The fourth-order valence-corrected chi connectivity index (χ4v) is 12.7. The summed E-state index contributed by atoms with van der Waals surface area (Å²) in [5.74, 6) is -0.969. The number of aromatic nitrogens is 2. The predicted octanol–water partition coefficient (Wildman–Crippen LogP) is 6.23. The van der Waals surface area contributed by atoms with Gasteiger partial charge in [0.15, 0.2) is 12.0 Å². The third kappa shape index (κ3) is 8.45. The monoisotopic (exact) mass is 775 g/mol. The van der Waals surface area contributed by atoms with E-state index in [1.54, 1.807) is 13.1 Å². The average Bonchev–Trinajstić information content (AvgIpc) is 3.75. The topological polar surface area (TPSA) is 104 Å². The van der Waals surface area contributed by atoms with Gasteiger partial charge in [0.2, 0.25) is 0 Å². The molecule has 56 heavy (non-hydrogen) atoms. The number of nitrogens with zero attached hydrogens (tertiary/aromatic N) is 2. The van der Waals surface area contributed by atoms with Gasteiger partial charge < -0.3 is 18.6 Å². The van der Waals surface area contributed by atoms with E-state index in [2.05, 4.69) is 74.3 Å². The van der Waals surface area contributed by atoms with Gasteiger partial charge in [-0.05, 0) is 47.3 Å². The van der Waals surface area contributed by atoms with E-state index in [9.17, 15) is 9.59 Å². The van der Waals surface area contributed by atoms with Crippen LogP contribution in [0.4, 0.5) is 0 Å². The second kappa shape index (κ2) is 16.6. The number of hydrogen-bond donors (Lipinski definition) is 1. The second-order valence-corrected chi connectivity index (χ2v) is 20.6. The van der Waals surface area contributed by atoms with E-state index in [0.717, 1.165) is 11.1 Å². The summed E-state index contributed by atoms with van der Waals surface area (Å²) in [6.45, 7) is 13.3. The Kier molecular flexibility index (Phi) is 11.8. The average molecular weight is 776 g/mol. The van der Waals surface area contributed by atoms with E-state index in [-0.39, 0.29) is 17.7 Å². The Morgan fingerprint density at radius 2 is 1.38 bits per heavy atom. The van der Waals surface area contributed by atoms with Crippen LogP contribution in [-0.2, 0) is 36.6 Å². The molecule has 0 amide bonds. The van der Waals surface area contributed by atoms with Crippen LogP contribution < -0.4 is 21.6 Å². The number of H-pyrrole nitrogens is 1. The molecule has 7 rings (SSSR count). The lowest BCUT2D eigenvalue weighted by molar-refractivity contribution is -0.210. The summed E-state index contributed by atoms with van der Waals surface area (Å²) in [6, 6.07) is 40.9. The molecule has 1 aromatic heterocycles. The maximum absolute atomic E-state index is 13.2. The summed E-state index contributed by atoms with van der Waals surface area (Å²) in [6.07, 6.45) is -0.463. The maximum atomic E-state index is 13.2. The highest BCUT2D eigenvalue weighted by atomic mass is 28.4.